The molecule has 0 aromatic carbocycles. The molecule has 4 nitrogen and oxygen atoms in total. The largest absolute Gasteiger partial charge is 1.00 e. The van der Waals surface area contributed by atoms with Crippen molar-refractivity contribution in [3.63, 3.8) is 0 Å². The van der Waals surface area contributed by atoms with Gasteiger partial charge in [0.05, 0.1) is 11.7 Å². The summed E-state index contributed by atoms with van der Waals surface area (Å²) in [5.41, 5.74) is 0.954. The van der Waals surface area contributed by atoms with Gasteiger partial charge < -0.3 is 15.0 Å². The van der Waals surface area contributed by atoms with Crippen LogP contribution in [0.2, 0.25) is 0 Å². The molecule has 0 fully saturated rings. The number of hydrogen-bond acceptors (Lipinski definition) is 4. The van der Waals surface area contributed by atoms with Crippen molar-refractivity contribution in [3.05, 3.63) is 29.6 Å². The van der Waals surface area contributed by atoms with Gasteiger partial charge in [-0.2, -0.15) is 0 Å². The molecule has 0 aliphatic rings. The number of aliphatic hydroxyl groups is 1. The number of aliphatic carboxylic acids is 1. The van der Waals surface area contributed by atoms with Crippen molar-refractivity contribution in [2.75, 3.05) is 0 Å². The van der Waals surface area contributed by atoms with Crippen LogP contribution in [0.1, 0.15) is 17.4 Å². The minimum absolute atomic E-state index is 0. The van der Waals surface area contributed by atoms with E-state index in [0.717, 1.165) is 5.56 Å². The Balaban J connectivity index is 0.00000144. The number of carboxylic acids is 1. The van der Waals surface area contributed by atoms with Gasteiger partial charge in [-0.3, -0.25) is 4.98 Å². The van der Waals surface area contributed by atoms with Gasteiger partial charge in [0.1, 0.15) is 6.10 Å². The second-order valence-corrected chi connectivity index (χ2v) is 2.48. The van der Waals surface area contributed by atoms with Crippen LogP contribution in [0.4, 0.5) is 0 Å². The Morgan fingerprint density at radius 2 is 2.31 bits per heavy atom. The summed E-state index contributed by atoms with van der Waals surface area (Å²) >= 11 is 0. The first-order valence-corrected chi connectivity index (χ1v) is 3.42. The number of aliphatic hydroxyl groups excluding tert-OH is 1. The van der Waals surface area contributed by atoms with Crippen molar-refractivity contribution in [1.82, 2.24) is 4.98 Å². The molecule has 1 rings (SSSR count). The van der Waals surface area contributed by atoms with Crippen LogP contribution in [-0.2, 0) is 4.79 Å². The SMILES string of the molecule is Cc1ccnc(C(O)C(=O)[O-])c1.[Na+]. The van der Waals surface area contributed by atoms with E-state index in [0.29, 0.717) is 0 Å². The van der Waals surface area contributed by atoms with E-state index in [1.54, 1.807) is 13.0 Å². The second kappa shape index (κ2) is 5.34. The molecule has 64 valence electrons. The molecule has 0 bridgehead atoms. The molecule has 1 aromatic heterocycles. The summed E-state index contributed by atoms with van der Waals surface area (Å²) < 4.78 is 0. The van der Waals surface area contributed by atoms with Gasteiger partial charge in [0, 0.05) is 6.20 Å². The first-order chi connectivity index (χ1) is 5.61. The number of nitrogens with zero attached hydrogens (tertiary/aromatic N) is 1. The number of carboxylic acid groups (broad SMARTS) is 1. The van der Waals surface area contributed by atoms with E-state index in [2.05, 4.69) is 4.98 Å². The van der Waals surface area contributed by atoms with E-state index >= 15 is 0 Å². The van der Waals surface area contributed by atoms with Gasteiger partial charge in [-0.05, 0) is 24.6 Å². The Kier molecular flexibility index (Phi) is 5.17. The number of aromatic nitrogens is 1. The fraction of sp³-hybridized carbons (Fsp3) is 0.250. The predicted octanol–water partition coefficient (Wildman–Crippen LogP) is -3.82. The van der Waals surface area contributed by atoms with Crippen molar-refractivity contribution in [3.8, 4) is 0 Å². The zero-order valence-electron chi connectivity index (χ0n) is 7.52. The van der Waals surface area contributed by atoms with Gasteiger partial charge in [0.25, 0.3) is 0 Å². The van der Waals surface area contributed by atoms with Crippen LogP contribution >= 0.6 is 0 Å². The molecule has 1 heterocycles. The summed E-state index contributed by atoms with van der Waals surface area (Å²) in [6, 6.07) is 3.21. The zero-order valence-corrected chi connectivity index (χ0v) is 9.52. The van der Waals surface area contributed by atoms with Crippen LogP contribution in [0.3, 0.4) is 0 Å². The molecule has 0 radical (unpaired) electrons. The monoisotopic (exact) mass is 189 g/mol. The molecule has 0 aliphatic carbocycles. The fourth-order valence-electron chi connectivity index (χ4n) is 0.830. The number of hydrogen-bond donors (Lipinski definition) is 1. The standard InChI is InChI=1S/C8H9NO3.Na/c1-5-2-3-9-6(4-5)7(10)8(11)12;/h2-4,7,10H,1H3,(H,11,12);/q;+1/p-1. The van der Waals surface area contributed by atoms with Crippen LogP contribution in [-0.4, -0.2) is 16.1 Å². The molecule has 0 saturated carbocycles. The zero-order chi connectivity index (χ0) is 9.14. The van der Waals surface area contributed by atoms with E-state index < -0.39 is 12.1 Å². The first kappa shape index (κ1) is 12.6. The molecule has 0 aliphatic heterocycles. The number of carbonyl (C=O) groups is 1. The van der Waals surface area contributed by atoms with E-state index in [4.69, 9.17) is 5.11 Å². The van der Waals surface area contributed by atoms with Crippen molar-refractivity contribution in [1.29, 1.82) is 0 Å². The molecule has 5 heteroatoms. The molecule has 1 aromatic rings. The van der Waals surface area contributed by atoms with Gasteiger partial charge in [0.2, 0.25) is 0 Å². The molecule has 0 spiro atoms. The Bertz CT molecular complexity index is 303. The van der Waals surface area contributed by atoms with E-state index in [-0.39, 0.29) is 35.3 Å². The van der Waals surface area contributed by atoms with Gasteiger partial charge in [-0.1, -0.05) is 0 Å². The molecule has 0 saturated heterocycles. The van der Waals surface area contributed by atoms with Crippen molar-refractivity contribution in [2.45, 2.75) is 13.0 Å². The first-order valence-electron chi connectivity index (χ1n) is 3.42. The number of rotatable bonds is 2. The van der Waals surface area contributed by atoms with E-state index in [1.807, 2.05) is 0 Å². The quantitative estimate of drug-likeness (QED) is 0.484. The van der Waals surface area contributed by atoms with E-state index in [1.165, 1.54) is 12.3 Å². The maximum absolute atomic E-state index is 10.2. The number of aryl methyl sites for hydroxylation is 1. The van der Waals surface area contributed by atoms with E-state index in [9.17, 15) is 9.90 Å². The van der Waals surface area contributed by atoms with Crippen LogP contribution in [0.5, 0.6) is 0 Å². The second-order valence-electron chi connectivity index (χ2n) is 2.48. The molecule has 1 unspecified atom stereocenters. The van der Waals surface area contributed by atoms with Crippen molar-refractivity contribution < 1.29 is 44.6 Å². The molecular formula is C8H8NNaO3. The van der Waals surface area contributed by atoms with Crippen LogP contribution < -0.4 is 34.7 Å². The normalized spacial score (nSPS) is 11.5. The number of pyridine rings is 1. The van der Waals surface area contributed by atoms with Crippen LogP contribution in [0, 0.1) is 6.92 Å². The van der Waals surface area contributed by atoms with Crippen LogP contribution in [0.15, 0.2) is 18.3 Å². The summed E-state index contributed by atoms with van der Waals surface area (Å²) in [5.74, 6) is -1.53. The van der Waals surface area contributed by atoms with Gasteiger partial charge in [0.15, 0.2) is 0 Å². The minimum Gasteiger partial charge on any atom is -0.547 e. The Hall–Kier alpha value is -0.420. The fourth-order valence-corrected chi connectivity index (χ4v) is 0.830. The smallest absolute Gasteiger partial charge is 0.547 e. The summed E-state index contributed by atoms with van der Waals surface area (Å²) in [6.45, 7) is 1.78. The van der Waals surface area contributed by atoms with Crippen LogP contribution in [0.25, 0.3) is 0 Å². The average Bonchev–Trinajstić information content (AvgIpc) is 2.03. The number of carbonyl (C=O) groups excluding carboxylic acids is 1. The summed E-state index contributed by atoms with van der Waals surface area (Å²) in [7, 11) is 0. The molecular weight excluding hydrogens is 181 g/mol. The Morgan fingerprint density at radius 1 is 1.69 bits per heavy atom. The Morgan fingerprint density at radius 3 is 2.77 bits per heavy atom. The molecule has 13 heavy (non-hydrogen) atoms. The third-order valence-corrected chi connectivity index (χ3v) is 1.44. The maximum atomic E-state index is 10.2. The van der Waals surface area contributed by atoms with Gasteiger partial charge in [-0.25, -0.2) is 0 Å². The third kappa shape index (κ3) is 3.44. The summed E-state index contributed by atoms with van der Waals surface area (Å²) in [4.78, 5) is 13.9. The Labute approximate surface area is 97.9 Å². The van der Waals surface area contributed by atoms with Crippen molar-refractivity contribution >= 4 is 5.97 Å². The summed E-state index contributed by atoms with van der Waals surface area (Å²) in [6.07, 6.45) is -0.193. The predicted molar refractivity (Wildman–Crippen MR) is 38.9 cm³/mol. The van der Waals surface area contributed by atoms with Crippen molar-refractivity contribution in [2.24, 2.45) is 0 Å². The van der Waals surface area contributed by atoms with Gasteiger partial charge >= 0.3 is 29.6 Å². The third-order valence-electron chi connectivity index (χ3n) is 1.44. The maximum Gasteiger partial charge on any atom is 1.00 e. The van der Waals surface area contributed by atoms with Gasteiger partial charge in [-0.15, -0.1) is 0 Å². The molecule has 1 N–H and O–H groups in total. The summed E-state index contributed by atoms with van der Waals surface area (Å²) in [5, 5.41) is 19.2. The topological polar surface area (TPSA) is 73.2 Å². The minimum atomic E-state index is -1.63. The molecule has 0 amide bonds. The molecule has 1 atom stereocenters. The average molecular weight is 189 g/mol.